The number of rotatable bonds is 4. The first-order valence-corrected chi connectivity index (χ1v) is 10.4. The first-order chi connectivity index (χ1) is 15.2. The van der Waals surface area contributed by atoms with E-state index in [0.717, 1.165) is 11.3 Å². The van der Waals surface area contributed by atoms with Crippen molar-refractivity contribution in [3.63, 3.8) is 0 Å². The second kappa shape index (κ2) is 8.16. The molecule has 1 aliphatic heterocycles. The van der Waals surface area contributed by atoms with Crippen molar-refractivity contribution < 1.29 is 13.9 Å². The van der Waals surface area contributed by atoms with E-state index in [9.17, 15) is 4.39 Å². The van der Waals surface area contributed by atoms with Crippen molar-refractivity contribution >= 4 is 22.7 Å². The van der Waals surface area contributed by atoms with Crippen molar-refractivity contribution in [3.05, 3.63) is 88.6 Å². The van der Waals surface area contributed by atoms with Crippen molar-refractivity contribution in [1.82, 2.24) is 9.66 Å². The highest BCUT2D eigenvalue weighted by molar-refractivity contribution is 7.07. The molecule has 2 aromatic carbocycles. The summed E-state index contributed by atoms with van der Waals surface area (Å²) in [7, 11) is 0. The van der Waals surface area contributed by atoms with Crippen molar-refractivity contribution in [2.75, 3.05) is 6.79 Å². The molecular weight excluding hydrogens is 415 g/mol. The summed E-state index contributed by atoms with van der Waals surface area (Å²) >= 11 is 1.38. The predicted octanol–water partition coefficient (Wildman–Crippen LogP) is 4.98. The molecule has 6 nitrogen and oxygen atoms in total. The van der Waals surface area contributed by atoms with E-state index in [1.165, 1.54) is 17.4 Å². The fourth-order valence-electron chi connectivity index (χ4n) is 3.19. The Labute approximate surface area is 181 Å². The Kier molecular flexibility index (Phi) is 5.05. The SMILES string of the molecule is CC(=Nn1c(-c2ccccc2F)csc1=Nc1cccnc1)c1ccc2c(c1)OCO2. The molecule has 154 valence electrons. The van der Waals surface area contributed by atoms with E-state index in [0.29, 0.717) is 33.2 Å². The molecule has 1 aliphatic rings. The summed E-state index contributed by atoms with van der Waals surface area (Å²) in [6, 6.07) is 16.0. The molecule has 0 spiro atoms. The molecule has 8 heteroatoms. The summed E-state index contributed by atoms with van der Waals surface area (Å²) in [5.41, 5.74) is 3.35. The largest absolute Gasteiger partial charge is 0.454 e. The van der Waals surface area contributed by atoms with Gasteiger partial charge in [0, 0.05) is 22.7 Å². The summed E-state index contributed by atoms with van der Waals surface area (Å²) in [5.74, 6) is 1.06. The molecule has 5 rings (SSSR count). The van der Waals surface area contributed by atoms with Crippen LogP contribution in [0.4, 0.5) is 10.1 Å². The lowest BCUT2D eigenvalue weighted by atomic mass is 10.1. The maximum atomic E-state index is 14.6. The second-order valence-electron chi connectivity index (χ2n) is 6.77. The van der Waals surface area contributed by atoms with E-state index in [1.807, 2.05) is 42.6 Å². The molecule has 31 heavy (non-hydrogen) atoms. The Hall–Kier alpha value is -3.78. The number of fused-ring (bicyclic) bond motifs is 1. The molecule has 4 aromatic rings. The molecule has 0 atom stereocenters. The fraction of sp³-hybridized carbons (Fsp3) is 0.0870. The van der Waals surface area contributed by atoms with E-state index in [-0.39, 0.29) is 12.6 Å². The molecule has 0 fully saturated rings. The van der Waals surface area contributed by atoms with E-state index < -0.39 is 0 Å². The second-order valence-corrected chi connectivity index (χ2v) is 7.61. The average Bonchev–Trinajstić information content (AvgIpc) is 3.41. The lowest BCUT2D eigenvalue weighted by molar-refractivity contribution is 0.174. The van der Waals surface area contributed by atoms with Crippen molar-refractivity contribution in [2.24, 2.45) is 10.1 Å². The van der Waals surface area contributed by atoms with E-state index in [1.54, 1.807) is 35.3 Å². The lowest BCUT2D eigenvalue weighted by Crippen LogP contribution is -2.14. The molecule has 0 radical (unpaired) electrons. The zero-order valence-corrected chi connectivity index (χ0v) is 17.3. The predicted molar refractivity (Wildman–Crippen MR) is 117 cm³/mol. The number of hydrogen-bond acceptors (Lipinski definition) is 6. The Balaban J connectivity index is 1.67. The minimum atomic E-state index is -0.321. The van der Waals surface area contributed by atoms with Gasteiger partial charge in [-0.1, -0.05) is 12.1 Å². The molecule has 0 N–H and O–H groups in total. The van der Waals surface area contributed by atoms with Crippen LogP contribution in [-0.4, -0.2) is 22.2 Å². The third-order valence-electron chi connectivity index (χ3n) is 4.75. The van der Waals surface area contributed by atoms with Gasteiger partial charge in [0.05, 0.1) is 23.3 Å². The number of benzene rings is 2. The van der Waals surface area contributed by atoms with Crippen LogP contribution in [0.3, 0.4) is 0 Å². The molecule has 0 bridgehead atoms. The van der Waals surface area contributed by atoms with Crippen LogP contribution in [0.25, 0.3) is 11.3 Å². The molecule has 0 amide bonds. The summed E-state index contributed by atoms with van der Waals surface area (Å²) in [6.45, 7) is 2.10. The Morgan fingerprint density at radius 2 is 1.97 bits per heavy atom. The standard InChI is InChI=1S/C23H17FN4O2S/c1-15(16-8-9-21-22(11-16)30-14-29-21)27-28-20(18-6-2-3-7-19(18)24)13-31-23(28)26-17-5-4-10-25-12-17/h2-13H,14H2,1H3. The van der Waals surface area contributed by atoms with Gasteiger partial charge in [0.2, 0.25) is 11.6 Å². The van der Waals surface area contributed by atoms with Crippen LogP contribution in [0.2, 0.25) is 0 Å². The van der Waals surface area contributed by atoms with Crippen LogP contribution in [0.5, 0.6) is 11.5 Å². The highest BCUT2D eigenvalue weighted by Gasteiger charge is 2.16. The van der Waals surface area contributed by atoms with Gasteiger partial charge in [-0.3, -0.25) is 4.98 Å². The molecule has 3 heterocycles. The van der Waals surface area contributed by atoms with Crippen molar-refractivity contribution in [2.45, 2.75) is 6.92 Å². The van der Waals surface area contributed by atoms with Gasteiger partial charge in [0.15, 0.2) is 11.5 Å². The Morgan fingerprint density at radius 1 is 1.10 bits per heavy atom. The van der Waals surface area contributed by atoms with E-state index >= 15 is 0 Å². The Bertz CT molecular complexity index is 1350. The molecule has 2 aromatic heterocycles. The maximum Gasteiger partial charge on any atom is 0.231 e. The number of ether oxygens (including phenoxy) is 2. The summed E-state index contributed by atoms with van der Waals surface area (Å²) in [4.78, 5) is 9.38. The van der Waals surface area contributed by atoms with Crippen LogP contribution in [0.1, 0.15) is 12.5 Å². The zero-order chi connectivity index (χ0) is 21.2. The van der Waals surface area contributed by atoms with Gasteiger partial charge >= 0.3 is 0 Å². The first kappa shape index (κ1) is 19.2. The number of halogens is 1. The van der Waals surface area contributed by atoms with Gasteiger partial charge in [0.1, 0.15) is 5.82 Å². The quantitative estimate of drug-likeness (QED) is 0.427. The monoisotopic (exact) mass is 432 g/mol. The van der Waals surface area contributed by atoms with Crippen LogP contribution < -0.4 is 14.3 Å². The van der Waals surface area contributed by atoms with Crippen LogP contribution in [0.15, 0.2) is 82.5 Å². The average molecular weight is 432 g/mol. The first-order valence-electron chi connectivity index (χ1n) is 9.55. The van der Waals surface area contributed by atoms with Gasteiger partial charge < -0.3 is 9.47 Å². The third kappa shape index (κ3) is 3.85. The summed E-state index contributed by atoms with van der Waals surface area (Å²) in [6.07, 6.45) is 3.36. The molecule has 0 aliphatic carbocycles. The van der Waals surface area contributed by atoms with E-state index in [4.69, 9.17) is 14.6 Å². The summed E-state index contributed by atoms with van der Waals surface area (Å²) < 4.78 is 27.1. The Morgan fingerprint density at radius 3 is 2.81 bits per heavy atom. The van der Waals surface area contributed by atoms with Crippen LogP contribution in [0, 0.1) is 5.82 Å². The van der Waals surface area contributed by atoms with Crippen LogP contribution in [-0.2, 0) is 0 Å². The van der Waals surface area contributed by atoms with Gasteiger partial charge in [-0.25, -0.2) is 14.1 Å². The number of nitrogens with zero attached hydrogens (tertiary/aromatic N) is 4. The number of thiazole rings is 1. The normalized spacial score (nSPS) is 13.6. The van der Waals surface area contributed by atoms with Gasteiger partial charge in [0.25, 0.3) is 0 Å². The lowest BCUT2D eigenvalue weighted by Gasteiger charge is -2.08. The molecule has 0 saturated heterocycles. The van der Waals surface area contributed by atoms with Crippen LogP contribution >= 0.6 is 11.3 Å². The highest BCUT2D eigenvalue weighted by Crippen LogP contribution is 2.33. The third-order valence-corrected chi connectivity index (χ3v) is 5.56. The fourth-order valence-corrected chi connectivity index (χ4v) is 4.03. The molecule has 0 saturated carbocycles. The van der Waals surface area contributed by atoms with Crippen molar-refractivity contribution in [1.29, 1.82) is 0 Å². The summed E-state index contributed by atoms with van der Waals surface area (Å²) in [5, 5.41) is 6.65. The van der Waals surface area contributed by atoms with Gasteiger partial charge in [-0.05, 0) is 49.4 Å². The maximum absolute atomic E-state index is 14.6. The zero-order valence-electron chi connectivity index (χ0n) is 16.5. The minimum absolute atomic E-state index is 0.208. The highest BCUT2D eigenvalue weighted by atomic mass is 32.1. The number of aromatic nitrogens is 2. The van der Waals surface area contributed by atoms with Gasteiger partial charge in [-0.15, -0.1) is 11.3 Å². The smallest absolute Gasteiger partial charge is 0.231 e. The topological polar surface area (TPSA) is 61.0 Å². The minimum Gasteiger partial charge on any atom is -0.454 e. The molecular formula is C23H17FN4O2S. The molecule has 0 unspecified atom stereocenters. The number of pyridine rings is 1. The number of hydrogen-bond donors (Lipinski definition) is 0. The van der Waals surface area contributed by atoms with E-state index in [2.05, 4.69) is 9.98 Å². The van der Waals surface area contributed by atoms with Gasteiger partial charge in [-0.2, -0.15) is 5.10 Å². The van der Waals surface area contributed by atoms with Crippen molar-refractivity contribution in [3.8, 4) is 22.8 Å².